The van der Waals surface area contributed by atoms with Crippen LogP contribution in [0.5, 0.6) is 0 Å². The first-order valence-corrected chi connectivity index (χ1v) is 7.04. The van der Waals surface area contributed by atoms with E-state index in [4.69, 9.17) is 4.74 Å². The molecule has 2 heterocycles. The number of fused-ring (bicyclic) bond motifs is 3. The number of nitrogens with zero attached hydrogens (tertiary/aromatic N) is 2. The highest BCUT2D eigenvalue weighted by Gasteiger charge is 2.20. The molecule has 1 aliphatic carbocycles. The van der Waals surface area contributed by atoms with Crippen LogP contribution in [-0.4, -0.2) is 16.7 Å². The van der Waals surface area contributed by atoms with Gasteiger partial charge in [-0.25, -0.2) is 4.98 Å². The number of hydrogen-bond donors (Lipinski definition) is 0. The number of hydrogen-bond acceptors (Lipinski definition) is 4. The van der Waals surface area contributed by atoms with E-state index in [0.29, 0.717) is 0 Å². The van der Waals surface area contributed by atoms with Crippen molar-refractivity contribution in [1.29, 1.82) is 0 Å². The highest BCUT2D eigenvalue weighted by molar-refractivity contribution is 7.18. The van der Waals surface area contributed by atoms with Crippen LogP contribution < -0.4 is 5.56 Å². The maximum absolute atomic E-state index is 12.5. The summed E-state index contributed by atoms with van der Waals surface area (Å²) in [5, 5.41) is 0.831. The molecule has 0 atom stereocenters. The van der Waals surface area contributed by atoms with Crippen molar-refractivity contribution in [3.63, 3.8) is 0 Å². The van der Waals surface area contributed by atoms with E-state index in [0.717, 1.165) is 28.9 Å². The van der Waals surface area contributed by atoms with E-state index in [1.165, 1.54) is 23.3 Å². The van der Waals surface area contributed by atoms with Crippen molar-refractivity contribution in [3.05, 3.63) is 26.6 Å². The van der Waals surface area contributed by atoms with Crippen LogP contribution in [-0.2, 0) is 24.3 Å². The van der Waals surface area contributed by atoms with Crippen molar-refractivity contribution in [1.82, 2.24) is 9.55 Å². The summed E-state index contributed by atoms with van der Waals surface area (Å²) >= 11 is 1.69. The van der Waals surface area contributed by atoms with Gasteiger partial charge in [0.1, 0.15) is 17.4 Å². The summed E-state index contributed by atoms with van der Waals surface area (Å²) in [7, 11) is 1.60. The topological polar surface area (TPSA) is 44.1 Å². The zero-order chi connectivity index (χ0) is 12.7. The fourth-order valence-electron chi connectivity index (χ4n) is 2.62. The predicted octanol–water partition coefficient (Wildman–Crippen LogP) is 2.25. The zero-order valence-electron chi connectivity index (χ0n) is 10.7. The Bertz CT molecular complexity index is 657. The van der Waals surface area contributed by atoms with Crippen LogP contribution in [0.1, 0.15) is 29.1 Å². The van der Waals surface area contributed by atoms with Crippen LogP contribution in [0.15, 0.2) is 4.79 Å². The fourth-order valence-corrected chi connectivity index (χ4v) is 3.92. The van der Waals surface area contributed by atoms with Crippen molar-refractivity contribution in [2.45, 2.75) is 39.3 Å². The van der Waals surface area contributed by atoms with Gasteiger partial charge in [0.15, 0.2) is 0 Å². The van der Waals surface area contributed by atoms with Gasteiger partial charge in [0.05, 0.1) is 5.39 Å². The van der Waals surface area contributed by atoms with Crippen molar-refractivity contribution in [3.8, 4) is 0 Å². The Labute approximate surface area is 109 Å². The highest BCUT2D eigenvalue weighted by Crippen LogP contribution is 2.33. The number of rotatable bonds is 2. The Morgan fingerprint density at radius 2 is 2.17 bits per heavy atom. The molecular weight excluding hydrogens is 248 g/mol. The van der Waals surface area contributed by atoms with Gasteiger partial charge in [-0.05, 0) is 38.2 Å². The molecule has 0 fully saturated rings. The molecule has 5 heteroatoms. The van der Waals surface area contributed by atoms with Crippen LogP contribution in [0.2, 0.25) is 0 Å². The van der Waals surface area contributed by atoms with Gasteiger partial charge in [0.25, 0.3) is 5.56 Å². The van der Waals surface area contributed by atoms with E-state index in [1.807, 2.05) is 6.92 Å². The Morgan fingerprint density at radius 1 is 1.39 bits per heavy atom. The molecule has 0 bridgehead atoms. The van der Waals surface area contributed by atoms with E-state index in [2.05, 4.69) is 4.98 Å². The summed E-state index contributed by atoms with van der Waals surface area (Å²) in [6.07, 6.45) is 4.52. The summed E-state index contributed by atoms with van der Waals surface area (Å²) < 4.78 is 6.70. The number of aromatic nitrogens is 2. The second kappa shape index (κ2) is 4.48. The summed E-state index contributed by atoms with van der Waals surface area (Å²) in [6.45, 7) is 2.14. The molecule has 2 aromatic heterocycles. The van der Waals surface area contributed by atoms with Gasteiger partial charge < -0.3 is 4.74 Å². The zero-order valence-corrected chi connectivity index (χ0v) is 11.5. The fraction of sp³-hybridized carbons (Fsp3) is 0.538. The molecule has 4 nitrogen and oxygen atoms in total. The molecule has 0 spiro atoms. The maximum Gasteiger partial charge on any atom is 0.264 e. The third-order valence-electron chi connectivity index (χ3n) is 3.52. The molecule has 3 rings (SSSR count). The highest BCUT2D eigenvalue weighted by atomic mass is 32.1. The van der Waals surface area contributed by atoms with E-state index in [9.17, 15) is 4.79 Å². The molecule has 0 aromatic carbocycles. The third kappa shape index (κ3) is 1.69. The average Bonchev–Trinajstić information content (AvgIpc) is 2.72. The lowest BCUT2D eigenvalue weighted by atomic mass is 9.97. The number of methoxy groups -OCH3 is 1. The first-order valence-electron chi connectivity index (χ1n) is 6.23. The minimum Gasteiger partial charge on any atom is -0.364 e. The molecule has 0 aliphatic heterocycles. The SMILES string of the molecule is COCn1c(C)nc2sc3c(c2c1=O)CCCC3. The lowest BCUT2D eigenvalue weighted by molar-refractivity contribution is 0.126. The van der Waals surface area contributed by atoms with Crippen molar-refractivity contribution >= 4 is 21.6 Å². The van der Waals surface area contributed by atoms with E-state index in [1.54, 1.807) is 23.0 Å². The Kier molecular flexibility index (Phi) is 2.95. The minimum atomic E-state index is 0.0544. The quantitative estimate of drug-likeness (QED) is 0.835. The molecule has 0 unspecified atom stereocenters. The summed E-state index contributed by atoms with van der Waals surface area (Å²) in [5.74, 6) is 0.730. The summed E-state index contributed by atoms with van der Waals surface area (Å²) in [4.78, 5) is 19.3. The molecule has 0 amide bonds. The van der Waals surface area contributed by atoms with Gasteiger partial charge >= 0.3 is 0 Å². The smallest absolute Gasteiger partial charge is 0.264 e. The Hall–Kier alpha value is -1.20. The molecule has 2 aromatic rings. The van der Waals surface area contributed by atoms with Crippen LogP contribution in [0.3, 0.4) is 0 Å². The van der Waals surface area contributed by atoms with Gasteiger partial charge in [-0.3, -0.25) is 9.36 Å². The number of aryl methyl sites for hydroxylation is 3. The van der Waals surface area contributed by atoms with Gasteiger partial charge in [0, 0.05) is 12.0 Å². The van der Waals surface area contributed by atoms with Crippen molar-refractivity contribution in [2.24, 2.45) is 0 Å². The summed E-state index contributed by atoms with van der Waals surface area (Å²) in [6, 6.07) is 0. The van der Waals surface area contributed by atoms with E-state index in [-0.39, 0.29) is 12.3 Å². The van der Waals surface area contributed by atoms with Crippen LogP contribution in [0.4, 0.5) is 0 Å². The van der Waals surface area contributed by atoms with Crippen LogP contribution in [0, 0.1) is 6.92 Å². The molecule has 0 saturated carbocycles. The third-order valence-corrected chi connectivity index (χ3v) is 4.71. The Morgan fingerprint density at radius 3 is 2.94 bits per heavy atom. The first kappa shape index (κ1) is 11.9. The molecule has 0 radical (unpaired) electrons. The summed E-state index contributed by atoms with van der Waals surface area (Å²) in [5.41, 5.74) is 1.29. The largest absolute Gasteiger partial charge is 0.364 e. The van der Waals surface area contributed by atoms with Crippen LogP contribution in [0.25, 0.3) is 10.2 Å². The molecular formula is C13H16N2O2S. The van der Waals surface area contributed by atoms with Gasteiger partial charge in [0.2, 0.25) is 0 Å². The molecule has 96 valence electrons. The lowest BCUT2D eigenvalue weighted by Gasteiger charge is -2.11. The van der Waals surface area contributed by atoms with Crippen molar-refractivity contribution < 1.29 is 4.74 Å². The van der Waals surface area contributed by atoms with Gasteiger partial charge in [-0.2, -0.15) is 0 Å². The van der Waals surface area contributed by atoms with E-state index >= 15 is 0 Å². The molecule has 18 heavy (non-hydrogen) atoms. The Balaban J connectivity index is 2.32. The average molecular weight is 264 g/mol. The second-order valence-corrected chi connectivity index (χ2v) is 5.78. The van der Waals surface area contributed by atoms with E-state index < -0.39 is 0 Å². The standard InChI is InChI=1S/C13H16N2O2S/c1-8-14-12-11(13(16)15(8)7-17-2)9-5-3-4-6-10(9)18-12/h3-7H2,1-2H3. The second-order valence-electron chi connectivity index (χ2n) is 4.70. The predicted molar refractivity (Wildman–Crippen MR) is 72.3 cm³/mol. The van der Waals surface area contributed by atoms with Crippen LogP contribution >= 0.6 is 11.3 Å². The first-order chi connectivity index (χ1) is 8.72. The molecule has 0 saturated heterocycles. The molecule has 0 N–H and O–H groups in total. The normalized spacial score (nSPS) is 15.0. The minimum absolute atomic E-state index is 0.0544. The van der Waals surface area contributed by atoms with Gasteiger partial charge in [-0.15, -0.1) is 11.3 Å². The van der Waals surface area contributed by atoms with Crippen molar-refractivity contribution in [2.75, 3.05) is 7.11 Å². The van der Waals surface area contributed by atoms with Gasteiger partial charge in [-0.1, -0.05) is 0 Å². The monoisotopic (exact) mass is 264 g/mol. The molecule has 1 aliphatic rings. The number of ether oxygens (including phenoxy) is 1. The maximum atomic E-state index is 12.5. The lowest BCUT2D eigenvalue weighted by Crippen LogP contribution is -2.25. The number of thiophene rings is 1.